The second-order valence-electron chi connectivity index (χ2n) is 5.13. The van der Waals surface area contributed by atoms with Crippen LogP contribution in [0.1, 0.15) is 48.7 Å². The molecule has 0 bridgehead atoms. The van der Waals surface area contributed by atoms with Crippen molar-refractivity contribution in [3.63, 3.8) is 0 Å². The van der Waals surface area contributed by atoms with Gasteiger partial charge in [0.1, 0.15) is 5.78 Å². The van der Waals surface area contributed by atoms with Crippen LogP contribution in [-0.2, 0) is 11.3 Å². The minimum absolute atomic E-state index is 0.0403. The van der Waals surface area contributed by atoms with E-state index < -0.39 is 0 Å². The van der Waals surface area contributed by atoms with Gasteiger partial charge in [0.15, 0.2) is 5.78 Å². The van der Waals surface area contributed by atoms with Gasteiger partial charge in [-0.1, -0.05) is 56.3 Å². The van der Waals surface area contributed by atoms with E-state index in [1.165, 1.54) is 6.92 Å². The van der Waals surface area contributed by atoms with Gasteiger partial charge in [-0.15, -0.1) is 0 Å². The summed E-state index contributed by atoms with van der Waals surface area (Å²) >= 11 is 0. The molecule has 122 valence electrons. The molecular weight excluding hydrogens is 286 g/mol. The molecule has 3 heteroatoms. The van der Waals surface area contributed by atoms with Crippen molar-refractivity contribution in [2.24, 2.45) is 0 Å². The van der Waals surface area contributed by atoms with Crippen molar-refractivity contribution in [1.29, 1.82) is 0 Å². The smallest absolute Gasteiger partial charge is 0.170 e. The number of anilines is 1. The minimum atomic E-state index is -0.121. The Morgan fingerprint density at radius 3 is 2.22 bits per heavy atom. The molecule has 0 unspecified atom stereocenters. The van der Waals surface area contributed by atoms with Crippen LogP contribution in [0.3, 0.4) is 0 Å². The van der Waals surface area contributed by atoms with Crippen LogP contribution in [0.15, 0.2) is 48.5 Å². The fraction of sp³-hybridized carbons (Fsp3) is 0.300. The van der Waals surface area contributed by atoms with Crippen molar-refractivity contribution in [2.75, 3.05) is 5.32 Å². The fourth-order valence-corrected chi connectivity index (χ4v) is 2.23. The topological polar surface area (TPSA) is 46.2 Å². The number of Topliss-reactive ketones (excluding diaryl/α,β-unsaturated/α-hetero) is 2. The number of nitrogens with one attached hydrogen (secondary N) is 1. The van der Waals surface area contributed by atoms with Crippen molar-refractivity contribution in [3.05, 3.63) is 65.2 Å². The molecule has 0 aliphatic carbocycles. The van der Waals surface area contributed by atoms with E-state index >= 15 is 0 Å². The zero-order valence-electron chi connectivity index (χ0n) is 14.3. The maximum absolute atomic E-state index is 12.1. The van der Waals surface area contributed by atoms with Crippen LogP contribution < -0.4 is 5.32 Å². The van der Waals surface area contributed by atoms with Crippen LogP contribution in [-0.4, -0.2) is 11.6 Å². The summed E-state index contributed by atoms with van der Waals surface area (Å²) in [6.07, 6.45) is -0.0403. The molecule has 0 spiro atoms. The first-order chi connectivity index (χ1) is 11.1. The number of hydrogen-bond acceptors (Lipinski definition) is 3. The predicted molar refractivity (Wildman–Crippen MR) is 95.9 cm³/mol. The zero-order valence-corrected chi connectivity index (χ0v) is 14.3. The maximum Gasteiger partial charge on any atom is 0.170 e. The molecule has 0 aliphatic rings. The molecule has 0 fully saturated rings. The van der Waals surface area contributed by atoms with Crippen LogP contribution in [0.4, 0.5) is 5.69 Å². The van der Waals surface area contributed by atoms with E-state index in [9.17, 15) is 9.59 Å². The summed E-state index contributed by atoms with van der Waals surface area (Å²) in [6.45, 7) is 8.03. The summed E-state index contributed by atoms with van der Waals surface area (Å²) in [6, 6.07) is 15.4. The highest BCUT2D eigenvalue weighted by Crippen LogP contribution is 2.17. The first-order valence-corrected chi connectivity index (χ1v) is 7.98. The Morgan fingerprint density at radius 1 is 0.957 bits per heavy atom. The second kappa shape index (κ2) is 9.57. The lowest BCUT2D eigenvalue weighted by Gasteiger charge is -2.12. The Balaban J connectivity index is 0.00000127. The molecule has 0 aliphatic heterocycles. The lowest BCUT2D eigenvalue weighted by Crippen LogP contribution is -2.10. The van der Waals surface area contributed by atoms with Crippen molar-refractivity contribution < 1.29 is 9.59 Å². The second-order valence-corrected chi connectivity index (χ2v) is 5.13. The Bertz CT molecular complexity index is 662. The van der Waals surface area contributed by atoms with Crippen molar-refractivity contribution >= 4 is 17.3 Å². The summed E-state index contributed by atoms with van der Waals surface area (Å²) in [4.78, 5) is 23.2. The van der Waals surface area contributed by atoms with E-state index in [4.69, 9.17) is 0 Å². The first-order valence-electron chi connectivity index (χ1n) is 7.98. The summed E-state index contributed by atoms with van der Waals surface area (Å²) in [5.41, 5.74) is 3.73. The van der Waals surface area contributed by atoms with E-state index in [1.807, 2.05) is 63.2 Å². The third-order valence-corrected chi connectivity index (χ3v) is 3.34. The summed E-state index contributed by atoms with van der Waals surface area (Å²) in [5, 5.41) is 3.34. The highest BCUT2D eigenvalue weighted by molar-refractivity contribution is 6.08. The number of carbonyl (C=O) groups excluding carboxylic acids is 2. The van der Waals surface area contributed by atoms with Gasteiger partial charge in [-0.25, -0.2) is 0 Å². The molecule has 0 saturated carbocycles. The van der Waals surface area contributed by atoms with E-state index in [1.54, 1.807) is 6.07 Å². The molecule has 0 radical (unpaired) electrons. The van der Waals surface area contributed by atoms with Gasteiger partial charge in [-0.3, -0.25) is 9.59 Å². The van der Waals surface area contributed by atoms with Gasteiger partial charge in [0, 0.05) is 17.8 Å². The molecule has 3 nitrogen and oxygen atoms in total. The van der Waals surface area contributed by atoms with Crippen molar-refractivity contribution in [3.8, 4) is 0 Å². The van der Waals surface area contributed by atoms with Gasteiger partial charge < -0.3 is 5.32 Å². The van der Waals surface area contributed by atoms with Crippen LogP contribution in [0.25, 0.3) is 0 Å². The molecule has 23 heavy (non-hydrogen) atoms. The average molecular weight is 311 g/mol. The standard InChI is InChI=1S/C18H19NO2.C2H6/c1-13-7-3-6-10-17(13)19-12-15-8-4-5-9-16(15)18(21)11-14(2)20;1-2/h3-10,19H,11-12H2,1-2H3;1-2H3. The van der Waals surface area contributed by atoms with Gasteiger partial charge >= 0.3 is 0 Å². The largest absolute Gasteiger partial charge is 0.381 e. The van der Waals surface area contributed by atoms with E-state index in [0.717, 1.165) is 16.8 Å². The third-order valence-electron chi connectivity index (χ3n) is 3.34. The summed E-state index contributed by atoms with van der Waals surface area (Å²) in [7, 11) is 0. The monoisotopic (exact) mass is 311 g/mol. The molecule has 2 aromatic rings. The zero-order chi connectivity index (χ0) is 17.2. The summed E-state index contributed by atoms with van der Waals surface area (Å²) < 4.78 is 0. The van der Waals surface area contributed by atoms with E-state index in [2.05, 4.69) is 5.32 Å². The number of carbonyl (C=O) groups is 2. The van der Waals surface area contributed by atoms with Crippen LogP contribution in [0.2, 0.25) is 0 Å². The van der Waals surface area contributed by atoms with Gasteiger partial charge in [0.25, 0.3) is 0 Å². The number of aryl methyl sites for hydroxylation is 1. The van der Waals surface area contributed by atoms with Crippen LogP contribution in [0, 0.1) is 6.92 Å². The molecule has 2 rings (SSSR count). The minimum Gasteiger partial charge on any atom is -0.381 e. The third kappa shape index (κ3) is 5.70. The first kappa shape index (κ1) is 18.6. The Morgan fingerprint density at radius 2 is 1.57 bits per heavy atom. The Kier molecular flexibility index (Phi) is 7.75. The normalized spacial score (nSPS) is 9.57. The van der Waals surface area contributed by atoms with E-state index in [0.29, 0.717) is 12.1 Å². The number of benzene rings is 2. The predicted octanol–water partition coefficient (Wildman–Crippen LogP) is 4.80. The molecule has 0 heterocycles. The number of rotatable bonds is 6. The molecule has 0 amide bonds. The average Bonchev–Trinajstić information content (AvgIpc) is 2.55. The highest BCUT2D eigenvalue weighted by atomic mass is 16.1. The van der Waals surface area contributed by atoms with Crippen LogP contribution in [0.5, 0.6) is 0 Å². The van der Waals surface area contributed by atoms with Crippen molar-refractivity contribution in [1.82, 2.24) is 0 Å². The van der Waals surface area contributed by atoms with Crippen LogP contribution >= 0.6 is 0 Å². The Labute approximate surface area is 138 Å². The highest BCUT2D eigenvalue weighted by Gasteiger charge is 2.12. The molecule has 0 saturated heterocycles. The molecule has 1 N–H and O–H groups in total. The van der Waals surface area contributed by atoms with E-state index in [-0.39, 0.29) is 18.0 Å². The lowest BCUT2D eigenvalue weighted by molar-refractivity contribution is -0.116. The SMILES string of the molecule is CC.CC(=O)CC(=O)c1ccccc1CNc1ccccc1C. The van der Waals surface area contributed by atoms with Gasteiger partial charge in [-0.05, 0) is 31.0 Å². The molecular formula is C20H25NO2. The number of para-hydroxylation sites is 1. The molecule has 0 aromatic heterocycles. The molecule has 2 aromatic carbocycles. The molecule has 0 atom stereocenters. The lowest BCUT2D eigenvalue weighted by atomic mass is 10.0. The van der Waals surface area contributed by atoms with Gasteiger partial charge in [0.05, 0.1) is 6.42 Å². The van der Waals surface area contributed by atoms with Gasteiger partial charge in [-0.2, -0.15) is 0 Å². The number of ketones is 2. The number of hydrogen-bond donors (Lipinski definition) is 1. The summed E-state index contributed by atoms with van der Waals surface area (Å²) in [5.74, 6) is -0.230. The fourth-order valence-electron chi connectivity index (χ4n) is 2.23. The quantitative estimate of drug-likeness (QED) is 0.616. The van der Waals surface area contributed by atoms with Crippen molar-refractivity contribution in [2.45, 2.75) is 40.7 Å². The Hall–Kier alpha value is -2.42. The van der Waals surface area contributed by atoms with Gasteiger partial charge in [0.2, 0.25) is 0 Å². The maximum atomic E-state index is 12.1.